The maximum Gasteiger partial charge on any atom is 0.408 e. The molecule has 1 unspecified atom stereocenters. The van der Waals surface area contributed by atoms with E-state index >= 15 is 0 Å². The van der Waals surface area contributed by atoms with Gasteiger partial charge in [0.05, 0.1) is 0 Å². The molecule has 2 rings (SSSR count). The van der Waals surface area contributed by atoms with E-state index in [1.54, 1.807) is 32.7 Å². The number of amides is 2. The van der Waals surface area contributed by atoms with Crippen molar-refractivity contribution in [3.63, 3.8) is 0 Å². The van der Waals surface area contributed by atoms with Gasteiger partial charge in [0.2, 0.25) is 12.7 Å². The summed E-state index contributed by atoms with van der Waals surface area (Å²) in [5, 5.41) is 2.72. The summed E-state index contributed by atoms with van der Waals surface area (Å²) >= 11 is 0. The molecule has 2 amide bonds. The minimum atomic E-state index is -0.654. The number of fused-ring (bicyclic) bond motifs is 1. The molecule has 0 aromatic heterocycles. The number of carbonyl (C=O) groups is 2. The highest BCUT2D eigenvalue weighted by molar-refractivity contribution is 5.86. The van der Waals surface area contributed by atoms with Crippen LogP contribution in [0.15, 0.2) is 18.2 Å². The van der Waals surface area contributed by atoms with Gasteiger partial charge in [-0.1, -0.05) is 19.9 Å². The third-order valence-corrected chi connectivity index (χ3v) is 4.58. The first-order valence-corrected chi connectivity index (χ1v) is 9.62. The Bertz CT molecular complexity index is 711. The lowest BCUT2D eigenvalue weighted by Crippen LogP contribution is -2.53. The van der Waals surface area contributed by atoms with Crippen molar-refractivity contribution in [1.29, 1.82) is 0 Å². The molecule has 0 aliphatic carbocycles. The van der Waals surface area contributed by atoms with Crippen molar-refractivity contribution < 1.29 is 23.8 Å². The molecule has 1 N–H and O–H groups in total. The van der Waals surface area contributed by atoms with Gasteiger partial charge in [-0.2, -0.15) is 0 Å². The highest BCUT2D eigenvalue weighted by Crippen LogP contribution is 2.33. The Kier molecular flexibility index (Phi) is 6.80. The number of alkyl carbamates (subject to hydrolysis) is 1. The predicted molar refractivity (Wildman–Crippen MR) is 106 cm³/mol. The maximum atomic E-state index is 13.0. The van der Waals surface area contributed by atoms with Crippen molar-refractivity contribution in [2.24, 2.45) is 5.92 Å². The normalized spacial score (nSPS) is 15.1. The van der Waals surface area contributed by atoms with Gasteiger partial charge in [-0.15, -0.1) is 0 Å². The highest BCUT2D eigenvalue weighted by Gasteiger charge is 2.31. The lowest BCUT2D eigenvalue weighted by Gasteiger charge is -2.32. The molecule has 0 bridgehead atoms. The van der Waals surface area contributed by atoms with Crippen LogP contribution in [-0.4, -0.2) is 48.4 Å². The largest absolute Gasteiger partial charge is 0.454 e. The molecule has 1 aromatic rings. The summed E-state index contributed by atoms with van der Waals surface area (Å²) in [4.78, 5) is 26.8. The van der Waals surface area contributed by atoms with E-state index in [1.165, 1.54) is 0 Å². The number of benzene rings is 1. The molecular formula is C21H32N2O5. The van der Waals surface area contributed by atoms with Crippen LogP contribution in [0, 0.1) is 5.92 Å². The number of hydrogen-bond acceptors (Lipinski definition) is 5. The number of hydrogen-bond donors (Lipinski definition) is 1. The molecule has 156 valence electrons. The highest BCUT2D eigenvalue weighted by atomic mass is 16.7. The van der Waals surface area contributed by atoms with Gasteiger partial charge >= 0.3 is 6.09 Å². The molecule has 2 atom stereocenters. The average molecular weight is 392 g/mol. The van der Waals surface area contributed by atoms with Gasteiger partial charge in [0.25, 0.3) is 0 Å². The van der Waals surface area contributed by atoms with Gasteiger partial charge in [0, 0.05) is 13.1 Å². The molecule has 1 heterocycles. The van der Waals surface area contributed by atoms with Crippen molar-refractivity contribution in [2.75, 3.05) is 13.8 Å². The van der Waals surface area contributed by atoms with Crippen LogP contribution in [0.5, 0.6) is 11.5 Å². The summed E-state index contributed by atoms with van der Waals surface area (Å²) in [5.41, 5.74) is 0.435. The van der Waals surface area contributed by atoms with E-state index in [0.29, 0.717) is 6.42 Å². The van der Waals surface area contributed by atoms with E-state index in [2.05, 4.69) is 5.32 Å². The fourth-order valence-corrected chi connectivity index (χ4v) is 2.93. The lowest BCUT2D eigenvalue weighted by atomic mass is 10.0. The van der Waals surface area contributed by atoms with Crippen LogP contribution in [0.2, 0.25) is 0 Å². The second-order valence-corrected chi connectivity index (χ2v) is 8.56. The number of likely N-dealkylation sites (N-methyl/N-ethyl adjacent to an activating group) is 1. The van der Waals surface area contributed by atoms with Crippen LogP contribution in [-0.2, 0) is 16.0 Å². The van der Waals surface area contributed by atoms with Crippen molar-refractivity contribution >= 4 is 12.0 Å². The van der Waals surface area contributed by atoms with Crippen molar-refractivity contribution in [1.82, 2.24) is 10.2 Å². The van der Waals surface area contributed by atoms with Crippen molar-refractivity contribution in [3.8, 4) is 11.5 Å². The Morgan fingerprint density at radius 3 is 2.43 bits per heavy atom. The van der Waals surface area contributed by atoms with Gasteiger partial charge in [0.15, 0.2) is 11.5 Å². The van der Waals surface area contributed by atoms with Gasteiger partial charge in [-0.05, 0) is 57.7 Å². The topological polar surface area (TPSA) is 77.1 Å². The third-order valence-electron chi connectivity index (χ3n) is 4.58. The first-order chi connectivity index (χ1) is 13.0. The van der Waals surface area contributed by atoms with Gasteiger partial charge in [-0.3, -0.25) is 4.79 Å². The number of rotatable bonds is 6. The fourth-order valence-electron chi connectivity index (χ4n) is 2.93. The number of ether oxygens (including phenoxy) is 3. The zero-order chi connectivity index (χ0) is 21.1. The Morgan fingerprint density at radius 1 is 1.18 bits per heavy atom. The summed E-state index contributed by atoms with van der Waals surface area (Å²) in [6, 6.07) is 5.08. The van der Waals surface area contributed by atoms with E-state index in [9.17, 15) is 9.59 Å². The Balaban J connectivity index is 2.01. The summed E-state index contributed by atoms with van der Waals surface area (Å²) < 4.78 is 16.1. The molecule has 7 heteroatoms. The molecular weight excluding hydrogens is 360 g/mol. The molecule has 28 heavy (non-hydrogen) atoms. The van der Waals surface area contributed by atoms with Crippen LogP contribution in [0.3, 0.4) is 0 Å². The lowest BCUT2D eigenvalue weighted by molar-refractivity contribution is -0.135. The summed E-state index contributed by atoms with van der Waals surface area (Å²) in [6.45, 7) is 11.4. The number of carbonyl (C=O) groups excluding carboxylic acids is 2. The van der Waals surface area contributed by atoms with Gasteiger partial charge in [0.1, 0.15) is 11.6 Å². The van der Waals surface area contributed by atoms with Crippen molar-refractivity contribution in [3.05, 3.63) is 23.8 Å². The van der Waals surface area contributed by atoms with Gasteiger partial charge < -0.3 is 24.4 Å². The van der Waals surface area contributed by atoms with Crippen LogP contribution >= 0.6 is 0 Å². The minimum absolute atomic E-state index is 0.0606. The predicted octanol–water partition coefficient (Wildman–Crippen LogP) is 3.35. The molecule has 1 aliphatic heterocycles. The first kappa shape index (κ1) is 21.9. The molecule has 0 fully saturated rings. The van der Waals surface area contributed by atoms with E-state index in [0.717, 1.165) is 17.1 Å². The zero-order valence-corrected chi connectivity index (χ0v) is 17.9. The molecule has 0 saturated carbocycles. The van der Waals surface area contributed by atoms with Crippen LogP contribution in [0.25, 0.3) is 0 Å². The SMILES string of the molecule is CC(C)[C@H](NC(=O)OC(C)(C)C)C(=O)N(C)C(C)Cc1ccc2c(c1)OCO2. The quantitative estimate of drug-likeness (QED) is 0.803. The summed E-state index contributed by atoms with van der Waals surface area (Å²) in [6.07, 6.45) is 0.0761. The second kappa shape index (κ2) is 8.71. The first-order valence-electron chi connectivity index (χ1n) is 9.62. The maximum absolute atomic E-state index is 13.0. The molecule has 1 aromatic carbocycles. The fraction of sp³-hybridized carbons (Fsp3) is 0.619. The summed E-state index contributed by atoms with van der Waals surface area (Å²) in [5.74, 6) is 1.25. The molecule has 0 spiro atoms. The van der Waals surface area contributed by atoms with Crippen LogP contribution in [0.4, 0.5) is 4.79 Å². The molecule has 7 nitrogen and oxygen atoms in total. The Morgan fingerprint density at radius 2 is 1.82 bits per heavy atom. The standard InChI is InChI=1S/C21H32N2O5/c1-13(2)18(22-20(25)28-21(4,5)6)19(24)23(7)14(3)10-15-8-9-16-17(11-15)27-12-26-16/h8-9,11,13-14,18H,10,12H2,1-7H3,(H,22,25)/t14?,18-/m0/s1. The van der Waals surface area contributed by atoms with Crippen molar-refractivity contribution in [2.45, 2.75) is 65.6 Å². The van der Waals surface area contributed by atoms with Crippen LogP contribution in [0.1, 0.15) is 47.1 Å². The molecule has 0 radical (unpaired) electrons. The van der Waals surface area contributed by atoms with E-state index < -0.39 is 17.7 Å². The Hall–Kier alpha value is -2.44. The Labute approximate surface area is 167 Å². The van der Waals surface area contributed by atoms with E-state index in [4.69, 9.17) is 14.2 Å². The van der Waals surface area contributed by atoms with E-state index in [1.807, 2.05) is 39.0 Å². The van der Waals surface area contributed by atoms with E-state index in [-0.39, 0.29) is 24.7 Å². The second-order valence-electron chi connectivity index (χ2n) is 8.56. The molecule has 0 saturated heterocycles. The third kappa shape index (κ3) is 5.78. The minimum Gasteiger partial charge on any atom is -0.454 e. The number of nitrogens with zero attached hydrogens (tertiary/aromatic N) is 1. The van der Waals surface area contributed by atoms with Crippen LogP contribution < -0.4 is 14.8 Å². The average Bonchev–Trinajstić information content (AvgIpc) is 3.04. The van der Waals surface area contributed by atoms with Gasteiger partial charge in [-0.25, -0.2) is 4.79 Å². The smallest absolute Gasteiger partial charge is 0.408 e. The number of nitrogens with one attached hydrogen (secondary N) is 1. The zero-order valence-electron chi connectivity index (χ0n) is 17.9. The molecule has 1 aliphatic rings. The summed E-state index contributed by atoms with van der Waals surface area (Å²) in [7, 11) is 1.76. The monoisotopic (exact) mass is 392 g/mol.